The number of aliphatic hydroxyl groups excluding tert-OH is 1. The second-order valence-corrected chi connectivity index (χ2v) is 5.77. The van der Waals surface area contributed by atoms with Crippen molar-refractivity contribution in [2.75, 3.05) is 0 Å². The Labute approximate surface area is 123 Å². The minimum atomic E-state index is -0.579. The van der Waals surface area contributed by atoms with Crippen molar-refractivity contribution in [2.45, 2.75) is 32.8 Å². The average Bonchev–Trinajstić information content (AvgIpc) is 2.42. The van der Waals surface area contributed by atoms with Crippen molar-refractivity contribution in [3.8, 4) is 0 Å². The maximum atomic E-state index is 10.5. The van der Waals surface area contributed by atoms with Gasteiger partial charge in [0, 0.05) is 4.47 Å². The molecule has 0 spiro atoms. The molecule has 0 bridgehead atoms. The Kier molecular flexibility index (Phi) is 4.78. The minimum absolute atomic E-state index is 0.579. The molecule has 1 unspecified atom stereocenters. The quantitative estimate of drug-likeness (QED) is 0.859. The molecule has 0 aromatic heterocycles. The van der Waals surface area contributed by atoms with Crippen LogP contribution in [0, 0.1) is 6.92 Å². The molecular formula is C17H19BrO. The Morgan fingerprint density at radius 2 is 1.79 bits per heavy atom. The zero-order valence-corrected chi connectivity index (χ0v) is 12.9. The lowest BCUT2D eigenvalue weighted by molar-refractivity contribution is 0.219. The predicted octanol–water partition coefficient (Wildman–Crippen LogP) is 4.79. The minimum Gasteiger partial charge on any atom is -0.384 e. The zero-order chi connectivity index (χ0) is 13.8. The number of halogens is 1. The zero-order valence-electron chi connectivity index (χ0n) is 11.4. The molecule has 19 heavy (non-hydrogen) atoms. The van der Waals surface area contributed by atoms with Crippen molar-refractivity contribution < 1.29 is 5.11 Å². The lowest BCUT2D eigenvalue weighted by atomic mass is 9.98. The van der Waals surface area contributed by atoms with Gasteiger partial charge in [0.05, 0.1) is 0 Å². The van der Waals surface area contributed by atoms with Gasteiger partial charge in [-0.25, -0.2) is 0 Å². The average molecular weight is 319 g/mol. The maximum Gasteiger partial charge on any atom is 0.105 e. The highest BCUT2D eigenvalue weighted by atomic mass is 79.9. The van der Waals surface area contributed by atoms with E-state index < -0.39 is 6.10 Å². The van der Waals surface area contributed by atoms with Crippen LogP contribution in [-0.2, 0) is 6.42 Å². The van der Waals surface area contributed by atoms with E-state index in [1.165, 1.54) is 5.56 Å². The van der Waals surface area contributed by atoms with Crippen molar-refractivity contribution in [1.82, 2.24) is 0 Å². The van der Waals surface area contributed by atoms with Crippen molar-refractivity contribution in [3.05, 3.63) is 69.2 Å². The van der Waals surface area contributed by atoms with E-state index in [4.69, 9.17) is 0 Å². The van der Waals surface area contributed by atoms with Gasteiger partial charge in [-0.1, -0.05) is 71.2 Å². The topological polar surface area (TPSA) is 20.2 Å². The molecule has 1 N–H and O–H groups in total. The molecule has 2 aromatic rings. The van der Waals surface area contributed by atoms with Crippen molar-refractivity contribution >= 4 is 15.9 Å². The van der Waals surface area contributed by atoms with E-state index in [2.05, 4.69) is 35.0 Å². The van der Waals surface area contributed by atoms with Crippen LogP contribution in [0.5, 0.6) is 0 Å². The summed E-state index contributed by atoms with van der Waals surface area (Å²) in [5.41, 5.74) is 4.33. The molecule has 0 saturated carbocycles. The summed E-state index contributed by atoms with van der Waals surface area (Å²) in [4.78, 5) is 0. The number of aliphatic hydroxyl groups is 1. The van der Waals surface area contributed by atoms with Crippen LogP contribution in [0.1, 0.15) is 41.7 Å². The van der Waals surface area contributed by atoms with Crippen LogP contribution in [0.3, 0.4) is 0 Å². The van der Waals surface area contributed by atoms with Crippen LogP contribution in [0.15, 0.2) is 46.9 Å². The third-order valence-electron chi connectivity index (χ3n) is 3.28. The summed E-state index contributed by atoms with van der Waals surface area (Å²) in [6.45, 7) is 4.21. The van der Waals surface area contributed by atoms with Crippen LogP contribution < -0.4 is 0 Å². The Morgan fingerprint density at radius 1 is 1.11 bits per heavy atom. The molecule has 2 aromatic carbocycles. The standard InChI is InChI=1S/C17H19BrO/c1-3-4-13-6-8-14(9-7-13)17(19)15-11-12(2)5-10-16(15)18/h5-11,17,19H,3-4H2,1-2H3. The molecule has 0 aliphatic carbocycles. The fourth-order valence-electron chi connectivity index (χ4n) is 2.21. The van der Waals surface area contributed by atoms with Gasteiger partial charge in [0.25, 0.3) is 0 Å². The molecule has 1 nitrogen and oxygen atoms in total. The molecule has 2 heteroatoms. The second kappa shape index (κ2) is 6.36. The molecule has 2 rings (SSSR count). The van der Waals surface area contributed by atoms with Crippen LogP contribution >= 0.6 is 15.9 Å². The van der Waals surface area contributed by atoms with Gasteiger partial charge in [-0.05, 0) is 36.1 Å². The third-order valence-corrected chi connectivity index (χ3v) is 4.00. The SMILES string of the molecule is CCCc1ccc(C(O)c2cc(C)ccc2Br)cc1. The monoisotopic (exact) mass is 318 g/mol. The highest BCUT2D eigenvalue weighted by Gasteiger charge is 2.13. The summed E-state index contributed by atoms with van der Waals surface area (Å²) < 4.78 is 0.947. The van der Waals surface area contributed by atoms with Crippen LogP contribution in [0.25, 0.3) is 0 Å². The van der Waals surface area contributed by atoms with Gasteiger partial charge < -0.3 is 5.11 Å². The number of benzene rings is 2. The summed E-state index contributed by atoms with van der Waals surface area (Å²) >= 11 is 3.51. The van der Waals surface area contributed by atoms with E-state index in [0.717, 1.165) is 34.0 Å². The van der Waals surface area contributed by atoms with Gasteiger partial charge in [0.1, 0.15) is 6.10 Å². The Morgan fingerprint density at radius 3 is 2.42 bits per heavy atom. The van der Waals surface area contributed by atoms with Crippen molar-refractivity contribution in [1.29, 1.82) is 0 Å². The first-order valence-corrected chi connectivity index (χ1v) is 7.44. The second-order valence-electron chi connectivity index (χ2n) is 4.92. The molecule has 1 atom stereocenters. The molecule has 100 valence electrons. The third kappa shape index (κ3) is 3.46. The highest BCUT2D eigenvalue weighted by molar-refractivity contribution is 9.10. The first-order valence-electron chi connectivity index (χ1n) is 6.64. The smallest absolute Gasteiger partial charge is 0.105 e. The summed E-state index contributed by atoms with van der Waals surface area (Å²) in [7, 11) is 0. The van der Waals surface area contributed by atoms with Gasteiger partial charge in [0.15, 0.2) is 0 Å². The Balaban J connectivity index is 2.27. The van der Waals surface area contributed by atoms with Crippen molar-refractivity contribution in [3.63, 3.8) is 0 Å². The Bertz CT molecular complexity index is 546. The van der Waals surface area contributed by atoms with Gasteiger partial charge in [-0.3, -0.25) is 0 Å². The van der Waals surface area contributed by atoms with E-state index in [-0.39, 0.29) is 0 Å². The highest BCUT2D eigenvalue weighted by Crippen LogP contribution is 2.29. The molecule has 0 aliphatic rings. The summed E-state index contributed by atoms with van der Waals surface area (Å²) in [5, 5.41) is 10.5. The summed E-state index contributed by atoms with van der Waals surface area (Å²) in [6, 6.07) is 14.3. The predicted molar refractivity (Wildman–Crippen MR) is 83.4 cm³/mol. The van der Waals surface area contributed by atoms with Crippen molar-refractivity contribution in [2.24, 2.45) is 0 Å². The Hall–Kier alpha value is -1.12. The normalized spacial score (nSPS) is 12.4. The van der Waals surface area contributed by atoms with E-state index in [1.807, 2.05) is 37.3 Å². The summed E-state index contributed by atoms with van der Waals surface area (Å²) in [6.07, 6.45) is 1.65. The molecule has 0 amide bonds. The van der Waals surface area contributed by atoms with E-state index in [9.17, 15) is 5.11 Å². The lowest BCUT2D eigenvalue weighted by Crippen LogP contribution is -2.01. The fourth-order valence-corrected chi connectivity index (χ4v) is 2.67. The number of aryl methyl sites for hydroxylation is 2. The number of hydrogen-bond donors (Lipinski definition) is 1. The van der Waals surface area contributed by atoms with Crippen LogP contribution in [0.4, 0.5) is 0 Å². The van der Waals surface area contributed by atoms with Gasteiger partial charge in [-0.15, -0.1) is 0 Å². The number of hydrogen-bond acceptors (Lipinski definition) is 1. The van der Waals surface area contributed by atoms with Crippen LogP contribution in [-0.4, -0.2) is 5.11 Å². The molecule has 0 saturated heterocycles. The first-order chi connectivity index (χ1) is 9.11. The van der Waals surface area contributed by atoms with Gasteiger partial charge in [-0.2, -0.15) is 0 Å². The molecule has 0 aliphatic heterocycles. The summed E-state index contributed by atoms with van der Waals surface area (Å²) in [5.74, 6) is 0. The first kappa shape index (κ1) is 14.3. The molecule has 0 radical (unpaired) electrons. The van der Waals surface area contributed by atoms with E-state index >= 15 is 0 Å². The number of rotatable bonds is 4. The van der Waals surface area contributed by atoms with E-state index in [0.29, 0.717) is 0 Å². The van der Waals surface area contributed by atoms with Gasteiger partial charge >= 0.3 is 0 Å². The molecule has 0 heterocycles. The largest absolute Gasteiger partial charge is 0.384 e. The van der Waals surface area contributed by atoms with Crippen LogP contribution in [0.2, 0.25) is 0 Å². The van der Waals surface area contributed by atoms with Gasteiger partial charge in [0.2, 0.25) is 0 Å². The van der Waals surface area contributed by atoms with E-state index in [1.54, 1.807) is 0 Å². The maximum absolute atomic E-state index is 10.5. The molecule has 0 fully saturated rings. The lowest BCUT2D eigenvalue weighted by Gasteiger charge is -2.14. The molecular weight excluding hydrogens is 300 g/mol. The fraction of sp³-hybridized carbons (Fsp3) is 0.294.